The molecule has 3 nitrogen and oxygen atoms in total. The summed E-state index contributed by atoms with van der Waals surface area (Å²) >= 11 is 0. The van der Waals surface area contributed by atoms with E-state index in [1.54, 1.807) is 0 Å². The van der Waals surface area contributed by atoms with E-state index in [1.165, 1.54) is 0 Å². The largest absolute Gasteiger partial charge is 0.323 e. The second-order valence-corrected chi connectivity index (χ2v) is 10.3. The number of rotatable bonds is 9. The standard InChI is InChI=1S/C17H39N2OS.C2H6/c1-10-19(11-2,12-3)14-13-18(9)21(20)17(7,8)15-16(4,5)6;1-2/h10-15H2,1-9H3;1-2H3/q+1;. The van der Waals surface area contributed by atoms with E-state index in [-0.39, 0.29) is 10.2 Å². The molecule has 0 rings (SSSR count). The number of hydrogen-bond acceptors (Lipinski definition) is 1. The van der Waals surface area contributed by atoms with E-state index in [9.17, 15) is 4.21 Å². The van der Waals surface area contributed by atoms with E-state index in [4.69, 9.17) is 0 Å². The van der Waals surface area contributed by atoms with Crippen LogP contribution in [0, 0.1) is 5.41 Å². The van der Waals surface area contributed by atoms with Crippen LogP contribution in [0.2, 0.25) is 0 Å². The SMILES string of the molecule is CC.CC[N+](CC)(CC)CCN(C)S(=O)C(C)(C)CC(C)(C)C. The summed E-state index contributed by atoms with van der Waals surface area (Å²) in [5.74, 6) is 0. The van der Waals surface area contributed by atoms with Gasteiger partial charge in [0.2, 0.25) is 0 Å². The monoisotopic (exact) mass is 349 g/mol. The fourth-order valence-corrected chi connectivity index (χ4v) is 4.99. The van der Waals surface area contributed by atoms with Crippen molar-refractivity contribution in [2.75, 3.05) is 39.8 Å². The Hall–Kier alpha value is 0.0700. The molecule has 0 amide bonds. The van der Waals surface area contributed by atoms with Gasteiger partial charge in [0.25, 0.3) is 0 Å². The van der Waals surface area contributed by atoms with Crippen LogP contribution in [0.1, 0.15) is 75.7 Å². The van der Waals surface area contributed by atoms with Gasteiger partial charge in [-0.1, -0.05) is 34.6 Å². The van der Waals surface area contributed by atoms with Crippen LogP contribution in [0.25, 0.3) is 0 Å². The smallest absolute Gasteiger partial charge is 0.0999 e. The van der Waals surface area contributed by atoms with Gasteiger partial charge in [0.1, 0.15) is 0 Å². The van der Waals surface area contributed by atoms with Crippen molar-refractivity contribution >= 4 is 11.0 Å². The van der Waals surface area contributed by atoms with Crippen LogP contribution in [0.15, 0.2) is 0 Å². The third-order valence-electron chi connectivity index (χ3n) is 4.61. The number of nitrogens with zero attached hydrogens (tertiary/aromatic N) is 2. The van der Waals surface area contributed by atoms with E-state index >= 15 is 0 Å². The van der Waals surface area contributed by atoms with E-state index in [1.807, 2.05) is 20.9 Å². The average Bonchev–Trinajstić information content (AvgIpc) is 2.48. The zero-order valence-electron chi connectivity index (χ0n) is 18.0. The molecule has 0 N–H and O–H groups in total. The van der Waals surface area contributed by atoms with Crippen molar-refractivity contribution in [2.45, 2.75) is 80.4 Å². The summed E-state index contributed by atoms with van der Waals surface area (Å²) in [5, 5.41) is 0. The number of quaternary nitrogens is 1. The summed E-state index contributed by atoms with van der Waals surface area (Å²) in [7, 11) is 1.07. The fraction of sp³-hybridized carbons (Fsp3) is 1.00. The molecule has 23 heavy (non-hydrogen) atoms. The minimum absolute atomic E-state index is 0.173. The van der Waals surface area contributed by atoms with Crippen molar-refractivity contribution < 1.29 is 8.69 Å². The van der Waals surface area contributed by atoms with Gasteiger partial charge in [-0.15, -0.1) is 0 Å². The minimum Gasteiger partial charge on any atom is -0.323 e. The summed E-state index contributed by atoms with van der Waals surface area (Å²) in [6.45, 7) is 27.1. The van der Waals surface area contributed by atoms with Gasteiger partial charge in [-0.2, -0.15) is 0 Å². The molecule has 0 aromatic heterocycles. The second kappa shape index (κ2) is 10.8. The van der Waals surface area contributed by atoms with Gasteiger partial charge in [-0.3, -0.25) is 0 Å². The zero-order valence-corrected chi connectivity index (χ0v) is 18.8. The molecule has 0 aromatic carbocycles. The van der Waals surface area contributed by atoms with Crippen molar-refractivity contribution in [2.24, 2.45) is 5.41 Å². The highest BCUT2D eigenvalue weighted by Crippen LogP contribution is 2.31. The summed E-state index contributed by atoms with van der Waals surface area (Å²) in [6.07, 6.45) is 0.965. The summed E-state index contributed by atoms with van der Waals surface area (Å²) < 4.78 is 15.8. The normalized spacial score (nSPS) is 14.4. The summed E-state index contributed by atoms with van der Waals surface area (Å²) in [6, 6.07) is 0. The second-order valence-electron chi connectivity index (χ2n) is 8.11. The van der Waals surface area contributed by atoms with Crippen LogP contribution in [0.4, 0.5) is 0 Å². The van der Waals surface area contributed by atoms with Gasteiger partial charge in [0.05, 0.1) is 48.5 Å². The van der Waals surface area contributed by atoms with Gasteiger partial charge in [-0.25, -0.2) is 8.51 Å². The molecule has 1 atom stereocenters. The summed E-state index contributed by atoms with van der Waals surface area (Å²) in [4.78, 5) is 0. The van der Waals surface area contributed by atoms with Gasteiger partial charge in [0, 0.05) is 7.05 Å². The van der Waals surface area contributed by atoms with Crippen LogP contribution in [0.3, 0.4) is 0 Å². The molecular weight excluding hydrogens is 304 g/mol. The third-order valence-corrected chi connectivity index (χ3v) is 6.45. The maximum Gasteiger partial charge on any atom is 0.0999 e. The number of likely N-dealkylation sites (N-methyl/N-ethyl adjacent to an activating group) is 2. The van der Waals surface area contributed by atoms with E-state index in [2.05, 4.69) is 59.7 Å². The molecule has 0 aliphatic carbocycles. The minimum atomic E-state index is -0.939. The Morgan fingerprint density at radius 3 is 1.61 bits per heavy atom. The molecule has 0 heterocycles. The molecule has 0 aliphatic rings. The van der Waals surface area contributed by atoms with E-state index in [0.717, 1.165) is 43.6 Å². The first-order chi connectivity index (χ1) is 10.4. The van der Waals surface area contributed by atoms with Gasteiger partial charge >= 0.3 is 0 Å². The molecular formula is C19H45N2OS+. The van der Waals surface area contributed by atoms with Crippen molar-refractivity contribution in [1.29, 1.82) is 0 Å². The zero-order chi connectivity index (χ0) is 18.9. The van der Waals surface area contributed by atoms with Crippen molar-refractivity contribution in [1.82, 2.24) is 4.31 Å². The fourth-order valence-electron chi connectivity index (χ4n) is 3.34. The van der Waals surface area contributed by atoms with E-state index in [0.29, 0.717) is 0 Å². The molecule has 0 saturated carbocycles. The predicted octanol–water partition coefficient (Wildman–Crippen LogP) is 4.70. The topological polar surface area (TPSA) is 20.3 Å². The molecule has 4 heteroatoms. The molecule has 0 bridgehead atoms. The highest BCUT2D eigenvalue weighted by atomic mass is 32.2. The molecule has 0 radical (unpaired) electrons. The Morgan fingerprint density at radius 2 is 1.30 bits per heavy atom. The molecule has 0 aliphatic heterocycles. The average molecular weight is 350 g/mol. The number of hydrogen-bond donors (Lipinski definition) is 0. The molecule has 0 spiro atoms. The predicted molar refractivity (Wildman–Crippen MR) is 107 cm³/mol. The van der Waals surface area contributed by atoms with E-state index < -0.39 is 11.0 Å². The first-order valence-corrected chi connectivity index (χ1v) is 10.5. The first-order valence-electron chi connectivity index (χ1n) is 9.41. The van der Waals surface area contributed by atoms with Crippen LogP contribution in [0.5, 0.6) is 0 Å². The van der Waals surface area contributed by atoms with Gasteiger partial charge in [0.15, 0.2) is 0 Å². The van der Waals surface area contributed by atoms with Crippen LogP contribution < -0.4 is 0 Å². The molecule has 142 valence electrons. The molecule has 0 saturated heterocycles. The Bertz CT molecular complexity index is 322. The summed E-state index contributed by atoms with van der Waals surface area (Å²) in [5.41, 5.74) is 0.204. The Labute approximate surface area is 150 Å². The highest BCUT2D eigenvalue weighted by Gasteiger charge is 2.34. The highest BCUT2D eigenvalue weighted by molar-refractivity contribution is 7.84. The van der Waals surface area contributed by atoms with Crippen LogP contribution in [-0.4, -0.2) is 57.5 Å². The maximum absolute atomic E-state index is 12.9. The third kappa shape index (κ3) is 9.21. The van der Waals surface area contributed by atoms with Crippen molar-refractivity contribution in [3.05, 3.63) is 0 Å². The maximum atomic E-state index is 12.9. The Morgan fingerprint density at radius 1 is 0.913 bits per heavy atom. The van der Waals surface area contributed by atoms with Crippen molar-refractivity contribution in [3.63, 3.8) is 0 Å². The molecule has 0 fully saturated rings. The Balaban J connectivity index is 0. The molecule has 1 unspecified atom stereocenters. The van der Waals surface area contributed by atoms with Gasteiger partial charge < -0.3 is 4.48 Å². The lowest BCUT2D eigenvalue weighted by atomic mass is 9.86. The molecule has 0 aromatic rings. The lowest BCUT2D eigenvalue weighted by Crippen LogP contribution is -2.52. The first kappa shape index (κ1) is 25.3. The van der Waals surface area contributed by atoms with Crippen LogP contribution in [-0.2, 0) is 11.0 Å². The van der Waals surface area contributed by atoms with Gasteiger partial charge in [-0.05, 0) is 46.5 Å². The Kier molecular flexibility index (Phi) is 11.9. The van der Waals surface area contributed by atoms with Crippen LogP contribution >= 0.6 is 0 Å². The lowest BCUT2D eigenvalue weighted by molar-refractivity contribution is -0.922. The quantitative estimate of drug-likeness (QED) is 0.553. The van der Waals surface area contributed by atoms with Crippen molar-refractivity contribution in [3.8, 4) is 0 Å². The lowest BCUT2D eigenvalue weighted by Gasteiger charge is -2.38.